The molecule has 136 valence electrons. The van der Waals surface area contributed by atoms with E-state index in [0.717, 1.165) is 23.3 Å². The van der Waals surface area contributed by atoms with Crippen LogP contribution in [0.2, 0.25) is 0 Å². The summed E-state index contributed by atoms with van der Waals surface area (Å²) < 4.78 is 37.6. The summed E-state index contributed by atoms with van der Waals surface area (Å²) in [4.78, 5) is 16.2. The largest absolute Gasteiger partial charge is 0.416 e. The third-order valence-corrected chi connectivity index (χ3v) is 3.72. The molecule has 0 radical (unpaired) electrons. The third-order valence-electron chi connectivity index (χ3n) is 3.72. The van der Waals surface area contributed by atoms with Crippen LogP contribution in [-0.2, 0) is 6.18 Å². The zero-order valence-electron chi connectivity index (χ0n) is 13.9. The Hall–Kier alpha value is -3.48. The van der Waals surface area contributed by atoms with Gasteiger partial charge >= 0.3 is 6.18 Å². The normalized spacial score (nSPS) is 11.5. The molecule has 2 aromatic carbocycles. The molecule has 0 bridgehead atoms. The first-order valence-electron chi connectivity index (χ1n) is 7.95. The van der Waals surface area contributed by atoms with Crippen LogP contribution in [0.1, 0.15) is 21.6 Å². The highest BCUT2D eigenvalue weighted by Gasteiger charge is 2.29. The maximum atomic E-state index is 12.5. The summed E-state index contributed by atoms with van der Waals surface area (Å²) >= 11 is 0. The van der Waals surface area contributed by atoms with E-state index in [1.54, 1.807) is 12.1 Å². The molecule has 0 aliphatic carbocycles. The Morgan fingerprint density at radius 1 is 0.963 bits per heavy atom. The Morgan fingerprint density at radius 2 is 1.67 bits per heavy atom. The van der Waals surface area contributed by atoms with Gasteiger partial charge in [0, 0.05) is 6.20 Å². The number of benzene rings is 2. The molecule has 27 heavy (non-hydrogen) atoms. The molecular weight excluding hydrogens is 355 g/mol. The van der Waals surface area contributed by atoms with Gasteiger partial charge in [-0.15, -0.1) is 0 Å². The van der Waals surface area contributed by atoms with Crippen LogP contribution >= 0.6 is 0 Å². The van der Waals surface area contributed by atoms with Crippen molar-refractivity contribution in [3.05, 3.63) is 89.7 Å². The monoisotopic (exact) mass is 369 g/mol. The second kappa shape index (κ2) is 7.82. The summed E-state index contributed by atoms with van der Waals surface area (Å²) in [7, 11) is 0. The molecule has 1 amide bonds. The first kappa shape index (κ1) is 18.3. The lowest BCUT2D eigenvalue weighted by molar-refractivity contribution is -0.137. The van der Waals surface area contributed by atoms with Crippen molar-refractivity contribution in [3.63, 3.8) is 0 Å². The number of alkyl halides is 3. The fourth-order valence-corrected chi connectivity index (χ4v) is 2.35. The molecule has 1 N–H and O–H groups in total. The number of nitrogens with zero attached hydrogens (tertiary/aromatic N) is 2. The van der Waals surface area contributed by atoms with Crippen molar-refractivity contribution >= 4 is 12.1 Å². The molecule has 1 aromatic heterocycles. The summed E-state index contributed by atoms with van der Waals surface area (Å²) in [5.41, 5.74) is 3.96. The molecule has 0 fully saturated rings. The van der Waals surface area contributed by atoms with E-state index in [1.165, 1.54) is 24.5 Å². The standard InChI is InChI=1S/C20H14F3N3O/c21-20(22,23)17-8-6-14(7-9-17)13-25-26-19(27)18-12-16(10-11-24-18)15-4-2-1-3-5-15/h1-13H,(H,26,27)/b25-13+. The number of carbonyl (C=O) groups excluding carboxylic acids is 1. The number of pyridine rings is 1. The summed E-state index contributed by atoms with van der Waals surface area (Å²) in [6.45, 7) is 0. The van der Waals surface area contributed by atoms with Gasteiger partial charge in [-0.25, -0.2) is 5.43 Å². The molecule has 1 heterocycles. The van der Waals surface area contributed by atoms with Gasteiger partial charge in [0.15, 0.2) is 0 Å². The molecule has 0 aliphatic rings. The molecule has 0 aliphatic heterocycles. The lowest BCUT2D eigenvalue weighted by Crippen LogP contribution is -2.19. The van der Waals surface area contributed by atoms with E-state index >= 15 is 0 Å². The SMILES string of the molecule is O=C(N/N=C/c1ccc(C(F)(F)F)cc1)c1cc(-c2ccccc2)ccn1. The fraction of sp³-hybridized carbons (Fsp3) is 0.0500. The van der Waals surface area contributed by atoms with Crippen LogP contribution in [0, 0.1) is 0 Å². The van der Waals surface area contributed by atoms with Crippen LogP contribution in [0.5, 0.6) is 0 Å². The number of hydrogen-bond acceptors (Lipinski definition) is 3. The zero-order valence-corrected chi connectivity index (χ0v) is 13.9. The highest BCUT2D eigenvalue weighted by molar-refractivity contribution is 5.94. The van der Waals surface area contributed by atoms with Gasteiger partial charge in [-0.1, -0.05) is 42.5 Å². The number of hydrazone groups is 1. The van der Waals surface area contributed by atoms with Crippen molar-refractivity contribution in [3.8, 4) is 11.1 Å². The van der Waals surface area contributed by atoms with E-state index in [4.69, 9.17) is 0 Å². The Kier molecular flexibility index (Phi) is 5.30. The van der Waals surface area contributed by atoms with Gasteiger partial charge in [0.05, 0.1) is 11.8 Å². The fourth-order valence-electron chi connectivity index (χ4n) is 2.35. The molecule has 3 aromatic rings. The van der Waals surface area contributed by atoms with Crippen molar-refractivity contribution in [1.29, 1.82) is 0 Å². The van der Waals surface area contributed by atoms with Gasteiger partial charge in [-0.2, -0.15) is 18.3 Å². The van der Waals surface area contributed by atoms with Crippen LogP contribution in [0.4, 0.5) is 13.2 Å². The van der Waals surface area contributed by atoms with E-state index in [0.29, 0.717) is 5.56 Å². The second-order valence-electron chi connectivity index (χ2n) is 5.61. The lowest BCUT2D eigenvalue weighted by atomic mass is 10.1. The number of nitrogens with one attached hydrogen (secondary N) is 1. The van der Waals surface area contributed by atoms with Crippen LogP contribution in [0.25, 0.3) is 11.1 Å². The van der Waals surface area contributed by atoms with Crippen molar-refractivity contribution in [2.24, 2.45) is 5.10 Å². The lowest BCUT2D eigenvalue weighted by Gasteiger charge is -2.06. The van der Waals surface area contributed by atoms with E-state index < -0.39 is 17.6 Å². The van der Waals surface area contributed by atoms with Crippen LogP contribution in [0.15, 0.2) is 78.0 Å². The molecule has 0 saturated heterocycles. The van der Waals surface area contributed by atoms with Gasteiger partial charge in [0.2, 0.25) is 0 Å². The molecular formula is C20H14F3N3O. The zero-order chi connectivity index (χ0) is 19.3. The molecule has 0 atom stereocenters. The molecule has 0 spiro atoms. The van der Waals surface area contributed by atoms with Crippen LogP contribution in [0.3, 0.4) is 0 Å². The molecule has 7 heteroatoms. The average molecular weight is 369 g/mol. The van der Waals surface area contributed by atoms with Crippen molar-refractivity contribution in [1.82, 2.24) is 10.4 Å². The molecule has 0 unspecified atom stereocenters. The maximum absolute atomic E-state index is 12.5. The van der Waals surface area contributed by atoms with Crippen molar-refractivity contribution in [2.45, 2.75) is 6.18 Å². The number of amides is 1. The van der Waals surface area contributed by atoms with Gasteiger partial charge in [0.1, 0.15) is 5.69 Å². The van der Waals surface area contributed by atoms with E-state index in [2.05, 4.69) is 15.5 Å². The summed E-state index contributed by atoms with van der Waals surface area (Å²) in [5, 5.41) is 3.77. The number of halogens is 3. The third kappa shape index (κ3) is 4.78. The van der Waals surface area contributed by atoms with E-state index in [9.17, 15) is 18.0 Å². The smallest absolute Gasteiger partial charge is 0.266 e. The minimum absolute atomic E-state index is 0.181. The molecule has 0 saturated carbocycles. The van der Waals surface area contributed by atoms with Gasteiger partial charge < -0.3 is 0 Å². The number of aromatic nitrogens is 1. The van der Waals surface area contributed by atoms with Crippen molar-refractivity contribution in [2.75, 3.05) is 0 Å². The van der Waals surface area contributed by atoms with Gasteiger partial charge in [-0.3, -0.25) is 9.78 Å². The highest BCUT2D eigenvalue weighted by atomic mass is 19.4. The topological polar surface area (TPSA) is 54.4 Å². The van der Waals surface area contributed by atoms with Crippen LogP contribution in [-0.4, -0.2) is 17.1 Å². The minimum atomic E-state index is -4.39. The van der Waals surface area contributed by atoms with Gasteiger partial charge in [-0.05, 0) is 41.0 Å². The Bertz CT molecular complexity index is 952. The maximum Gasteiger partial charge on any atom is 0.416 e. The Balaban J connectivity index is 1.67. The predicted octanol–water partition coefficient (Wildman–Crippen LogP) is 4.53. The van der Waals surface area contributed by atoms with Gasteiger partial charge in [0.25, 0.3) is 5.91 Å². The van der Waals surface area contributed by atoms with Crippen LogP contribution < -0.4 is 5.43 Å². The molecule has 3 rings (SSSR count). The van der Waals surface area contributed by atoms with E-state index in [-0.39, 0.29) is 5.69 Å². The first-order valence-corrected chi connectivity index (χ1v) is 7.95. The Labute approximate surface area is 153 Å². The number of carbonyl (C=O) groups is 1. The second-order valence-corrected chi connectivity index (χ2v) is 5.61. The summed E-state index contributed by atoms with van der Waals surface area (Å²) in [6.07, 6.45) is -1.60. The Morgan fingerprint density at radius 3 is 2.33 bits per heavy atom. The first-order chi connectivity index (χ1) is 12.9. The minimum Gasteiger partial charge on any atom is -0.266 e. The average Bonchev–Trinajstić information content (AvgIpc) is 2.68. The quantitative estimate of drug-likeness (QED) is 0.543. The predicted molar refractivity (Wildman–Crippen MR) is 96.2 cm³/mol. The summed E-state index contributed by atoms with van der Waals surface area (Å²) in [5.74, 6) is -0.518. The summed E-state index contributed by atoms with van der Waals surface area (Å²) in [6, 6.07) is 17.4. The number of hydrogen-bond donors (Lipinski definition) is 1. The van der Waals surface area contributed by atoms with Crippen molar-refractivity contribution < 1.29 is 18.0 Å². The highest BCUT2D eigenvalue weighted by Crippen LogP contribution is 2.28. The number of rotatable bonds is 4. The van der Waals surface area contributed by atoms with E-state index in [1.807, 2.05) is 30.3 Å². The molecule has 4 nitrogen and oxygen atoms in total.